The Morgan fingerprint density at radius 3 is 2.27 bits per heavy atom. The smallest absolute Gasteiger partial charge is 0.127 e. The molecule has 2 aliphatic heterocycles. The monoisotopic (exact) mass is 368 g/mol. The van der Waals surface area contributed by atoms with E-state index >= 15 is 0 Å². The Balaban J connectivity index is 1.46. The molecule has 0 bridgehead atoms. The molecule has 0 amide bonds. The highest BCUT2D eigenvalue weighted by atomic mass is 79.9. The van der Waals surface area contributed by atoms with Crippen LogP contribution in [0, 0.1) is 0 Å². The Morgan fingerprint density at radius 2 is 1.64 bits per heavy atom. The molecule has 0 spiro atoms. The molecule has 2 heterocycles. The standard InChI is InChI=1S/C18H28BrN3/c1-2-20-11-13-22(14-12-20)17-7-9-21(10-8-17)15-16-5-3-4-6-18(16)19/h3-6,17H,2,7-15H2,1H3/p+3. The molecule has 22 heavy (non-hydrogen) atoms. The molecular formula is C18H31BrN3+3. The maximum absolute atomic E-state index is 3.69. The summed E-state index contributed by atoms with van der Waals surface area (Å²) in [5.41, 5.74) is 1.46. The molecule has 3 nitrogen and oxygen atoms in total. The van der Waals surface area contributed by atoms with Gasteiger partial charge in [-0.15, -0.1) is 0 Å². The fraction of sp³-hybridized carbons (Fsp3) is 0.667. The van der Waals surface area contributed by atoms with E-state index in [2.05, 4.69) is 47.1 Å². The molecule has 0 aromatic heterocycles. The van der Waals surface area contributed by atoms with Crippen LogP contribution in [0.1, 0.15) is 25.3 Å². The molecule has 2 saturated heterocycles. The Labute approximate surface area is 143 Å². The lowest BCUT2D eigenvalue weighted by Gasteiger charge is -2.37. The van der Waals surface area contributed by atoms with Crippen LogP contribution >= 0.6 is 15.9 Å². The van der Waals surface area contributed by atoms with E-state index in [-0.39, 0.29) is 0 Å². The molecule has 0 radical (unpaired) electrons. The molecule has 1 aromatic carbocycles. The molecule has 122 valence electrons. The van der Waals surface area contributed by atoms with Crippen LogP contribution in [0.3, 0.4) is 0 Å². The third kappa shape index (κ3) is 4.10. The summed E-state index contributed by atoms with van der Waals surface area (Å²) in [4.78, 5) is 5.47. The van der Waals surface area contributed by atoms with Gasteiger partial charge in [-0.3, -0.25) is 0 Å². The van der Waals surface area contributed by atoms with Gasteiger partial charge < -0.3 is 14.7 Å². The minimum Gasteiger partial charge on any atom is -0.331 e. The van der Waals surface area contributed by atoms with Gasteiger partial charge in [-0.05, 0) is 13.0 Å². The van der Waals surface area contributed by atoms with E-state index in [1.54, 1.807) is 9.80 Å². The van der Waals surface area contributed by atoms with Crippen LogP contribution < -0.4 is 14.7 Å². The Hall–Kier alpha value is -0.420. The molecule has 0 unspecified atom stereocenters. The summed E-state index contributed by atoms with van der Waals surface area (Å²) in [6.07, 6.45) is 2.83. The van der Waals surface area contributed by atoms with Gasteiger partial charge >= 0.3 is 0 Å². The van der Waals surface area contributed by atoms with Crippen molar-refractivity contribution < 1.29 is 14.7 Å². The highest BCUT2D eigenvalue weighted by molar-refractivity contribution is 9.10. The molecule has 2 aliphatic rings. The molecule has 1 aromatic rings. The molecule has 3 rings (SSSR count). The van der Waals surface area contributed by atoms with E-state index in [0.29, 0.717) is 0 Å². The van der Waals surface area contributed by atoms with Crippen molar-refractivity contribution >= 4 is 15.9 Å². The zero-order valence-electron chi connectivity index (χ0n) is 13.8. The minimum atomic E-state index is 0.932. The largest absolute Gasteiger partial charge is 0.331 e. The number of hydrogen-bond acceptors (Lipinski definition) is 0. The Bertz CT molecular complexity index is 463. The summed E-state index contributed by atoms with van der Waals surface area (Å²) in [6, 6.07) is 9.63. The van der Waals surface area contributed by atoms with Crippen LogP contribution in [0.4, 0.5) is 0 Å². The molecule has 3 N–H and O–H groups in total. The topological polar surface area (TPSA) is 13.3 Å². The first-order chi connectivity index (χ1) is 10.8. The second-order valence-electron chi connectivity index (χ2n) is 7.05. The summed E-state index contributed by atoms with van der Waals surface area (Å²) >= 11 is 3.69. The van der Waals surface area contributed by atoms with Crippen LogP contribution in [0.2, 0.25) is 0 Å². The van der Waals surface area contributed by atoms with E-state index in [9.17, 15) is 0 Å². The summed E-state index contributed by atoms with van der Waals surface area (Å²) in [7, 11) is 0. The van der Waals surface area contributed by atoms with Crippen molar-refractivity contribution in [3.63, 3.8) is 0 Å². The number of hydrogen-bond donors (Lipinski definition) is 3. The summed E-state index contributed by atoms with van der Waals surface area (Å²) in [5, 5.41) is 0. The van der Waals surface area contributed by atoms with Gasteiger partial charge in [0.1, 0.15) is 32.7 Å². The number of likely N-dealkylation sites (tertiary alicyclic amines) is 1. The van der Waals surface area contributed by atoms with Crippen LogP contribution in [-0.4, -0.2) is 51.9 Å². The number of rotatable bonds is 4. The van der Waals surface area contributed by atoms with Crippen molar-refractivity contribution in [2.45, 2.75) is 32.4 Å². The van der Waals surface area contributed by atoms with Gasteiger partial charge in [0, 0.05) is 22.9 Å². The van der Waals surface area contributed by atoms with E-state index < -0.39 is 0 Å². The number of quaternary nitrogens is 3. The normalized spacial score (nSPS) is 32.8. The van der Waals surface area contributed by atoms with Gasteiger partial charge in [0.25, 0.3) is 0 Å². The van der Waals surface area contributed by atoms with Crippen molar-refractivity contribution in [2.75, 3.05) is 45.8 Å². The molecule has 0 aliphatic carbocycles. The summed E-state index contributed by atoms with van der Waals surface area (Å²) in [6.45, 7) is 13.1. The summed E-state index contributed by atoms with van der Waals surface area (Å²) in [5.74, 6) is 0. The van der Waals surface area contributed by atoms with Crippen molar-refractivity contribution in [3.8, 4) is 0 Å². The van der Waals surface area contributed by atoms with Crippen molar-refractivity contribution in [1.29, 1.82) is 0 Å². The predicted octanol–water partition coefficient (Wildman–Crippen LogP) is -1.20. The first-order valence-electron chi connectivity index (χ1n) is 9.01. The van der Waals surface area contributed by atoms with E-state index in [4.69, 9.17) is 0 Å². The average molecular weight is 369 g/mol. The van der Waals surface area contributed by atoms with Gasteiger partial charge in [-0.25, -0.2) is 0 Å². The number of halogens is 1. The molecule has 0 atom stereocenters. The van der Waals surface area contributed by atoms with Crippen molar-refractivity contribution in [3.05, 3.63) is 34.3 Å². The zero-order valence-corrected chi connectivity index (χ0v) is 15.4. The fourth-order valence-corrected chi connectivity index (χ4v) is 4.63. The SMILES string of the molecule is CC[NH+]1CC[NH+](C2CC[NH+](Cc3ccccc3Br)CC2)CC1. The first-order valence-corrected chi connectivity index (χ1v) is 9.80. The van der Waals surface area contributed by atoms with Crippen LogP contribution in [-0.2, 0) is 6.54 Å². The maximum atomic E-state index is 3.69. The van der Waals surface area contributed by atoms with Gasteiger partial charge in [0.2, 0.25) is 0 Å². The van der Waals surface area contributed by atoms with E-state index in [1.165, 1.54) is 75.2 Å². The fourth-order valence-electron chi connectivity index (χ4n) is 4.21. The number of benzene rings is 1. The second-order valence-corrected chi connectivity index (χ2v) is 7.91. The lowest BCUT2D eigenvalue weighted by atomic mass is 10.0. The van der Waals surface area contributed by atoms with Crippen LogP contribution in [0.5, 0.6) is 0 Å². The highest BCUT2D eigenvalue weighted by Crippen LogP contribution is 2.14. The molecular weight excluding hydrogens is 338 g/mol. The van der Waals surface area contributed by atoms with Crippen molar-refractivity contribution in [1.82, 2.24) is 0 Å². The lowest BCUT2D eigenvalue weighted by molar-refractivity contribution is -1.03. The number of nitrogens with one attached hydrogen (secondary N) is 3. The quantitative estimate of drug-likeness (QED) is 0.591. The van der Waals surface area contributed by atoms with Gasteiger partial charge in [0.05, 0.1) is 25.7 Å². The van der Waals surface area contributed by atoms with Crippen LogP contribution in [0.25, 0.3) is 0 Å². The summed E-state index contributed by atoms with van der Waals surface area (Å²) < 4.78 is 1.27. The molecule has 2 fully saturated rings. The van der Waals surface area contributed by atoms with Crippen LogP contribution in [0.15, 0.2) is 28.7 Å². The third-order valence-corrected chi connectivity index (χ3v) is 6.54. The Morgan fingerprint density at radius 1 is 0.955 bits per heavy atom. The second kappa shape index (κ2) is 7.91. The minimum absolute atomic E-state index is 0.932. The predicted molar refractivity (Wildman–Crippen MR) is 93.5 cm³/mol. The number of piperidine rings is 1. The third-order valence-electron chi connectivity index (χ3n) is 5.77. The lowest BCUT2D eigenvalue weighted by Crippen LogP contribution is -3.30. The molecule has 0 saturated carbocycles. The number of likely N-dealkylation sites (N-methyl/N-ethyl adjacent to an activating group) is 1. The van der Waals surface area contributed by atoms with Gasteiger partial charge in [-0.2, -0.15) is 0 Å². The van der Waals surface area contributed by atoms with Gasteiger partial charge in [-0.1, -0.05) is 34.1 Å². The van der Waals surface area contributed by atoms with Gasteiger partial charge in [0.15, 0.2) is 0 Å². The molecule has 4 heteroatoms. The maximum Gasteiger partial charge on any atom is 0.127 e. The van der Waals surface area contributed by atoms with E-state index in [0.717, 1.165) is 6.04 Å². The van der Waals surface area contributed by atoms with E-state index in [1.807, 2.05) is 4.90 Å². The van der Waals surface area contributed by atoms with Crippen molar-refractivity contribution in [2.24, 2.45) is 0 Å². The first kappa shape index (κ1) is 16.4. The number of piperazine rings is 1. The highest BCUT2D eigenvalue weighted by Gasteiger charge is 2.33. The Kier molecular flexibility index (Phi) is 5.91. The average Bonchev–Trinajstić information content (AvgIpc) is 2.58. The zero-order chi connectivity index (χ0) is 15.4.